The van der Waals surface area contributed by atoms with Gasteiger partial charge < -0.3 is 19.2 Å². The van der Waals surface area contributed by atoms with Crippen LogP contribution in [0.1, 0.15) is 35.1 Å². The van der Waals surface area contributed by atoms with Gasteiger partial charge in [-0.2, -0.15) is 0 Å². The lowest BCUT2D eigenvalue weighted by Gasteiger charge is -2.32. The Morgan fingerprint density at radius 2 is 2.24 bits per heavy atom. The summed E-state index contributed by atoms with van der Waals surface area (Å²) in [5, 5.41) is 0.986. The van der Waals surface area contributed by atoms with E-state index in [-0.39, 0.29) is 5.91 Å². The molecule has 0 spiro atoms. The Labute approximate surface area is 146 Å². The van der Waals surface area contributed by atoms with Gasteiger partial charge in [0.15, 0.2) is 0 Å². The molecule has 1 N–H and O–H groups in total. The first-order valence-electron chi connectivity index (χ1n) is 8.59. The second-order valence-electron chi connectivity index (χ2n) is 6.62. The highest BCUT2D eigenvalue weighted by molar-refractivity contribution is 5.98. The van der Waals surface area contributed by atoms with Crippen LogP contribution in [0.4, 0.5) is 0 Å². The van der Waals surface area contributed by atoms with Crippen LogP contribution in [0.5, 0.6) is 5.75 Å². The Kier molecular flexibility index (Phi) is 3.95. The maximum atomic E-state index is 13.0. The van der Waals surface area contributed by atoms with Crippen molar-refractivity contribution >= 4 is 16.8 Å². The molecular weight excluding hydrogens is 316 g/mol. The average Bonchev–Trinajstić information content (AvgIpc) is 3.26. The van der Waals surface area contributed by atoms with Gasteiger partial charge in [0.2, 0.25) is 0 Å². The molecule has 0 aliphatic carbocycles. The van der Waals surface area contributed by atoms with E-state index in [9.17, 15) is 4.79 Å². The number of aryl methyl sites for hydroxylation is 1. The molecule has 0 unspecified atom stereocenters. The van der Waals surface area contributed by atoms with Crippen molar-refractivity contribution in [1.82, 2.24) is 19.4 Å². The van der Waals surface area contributed by atoms with Crippen molar-refractivity contribution in [2.45, 2.75) is 18.8 Å². The predicted molar refractivity (Wildman–Crippen MR) is 95.9 cm³/mol. The van der Waals surface area contributed by atoms with Gasteiger partial charge in [0.25, 0.3) is 5.91 Å². The first kappa shape index (κ1) is 15.7. The third-order valence-electron chi connectivity index (χ3n) is 4.99. The highest BCUT2D eigenvalue weighted by atomic mass is 16.5. The Balaban J connectivity index is 1.56. The van der Waals surface area contributed by atoms with Crippen LogP contribution in [0, 0.1) is 0 Å². The molecule has 3 aromatic rings. The molecule has 0 radical (unpaired) electrons. The van der Waals surface area contributed by atoms with Crippen molar-refractivity contribution in [2.75, 3.05) is 20.2 Å². The largest absolute Gasteiger partial charge is 0.497 e. The SMILES string of the molecule is COc1ccc2[nH]c(C(=O)N3CCC[C@@H](c4nccn4C)C3)cc2c1. The first-order valence-corrected chi connectivity index (χ1v) is 8.59. The predicted octanol–water partition coefficient (Wildman–Crippen LogP) is 2.93. The van der Waals surface area contributed by atoms with Gasteiger partial charge in [0.1, 0.15) is 17.3 Å². The molecule has 25 heavy (non-hydrogen) atoms. The summed E-state index contributed by atoms with van der Waals surface area (Å²) in [6, 6.07) is 7.68. The van der Waals surface area contributed by atoms with Gasteiger partial charge in [0.05, 0.1) is 7.11 Å². The summed E-state index contributed by atoms with van der Waals surface area (Å²) in [6.45, 7) is 1.50. The molecule has 1 aliphatic rings. The maximum Gasteiger partial charge on any atom is 0.270 e. The number of nitrogens with one attached hydrogen (secondary N) is 1. The van der Waals surface area contributed by atoms with Crippen molar-refractivity contribution < 1.29 is 9.53 Å². The molecule has 130 valence electrons. The lowest BCUT2D eigenvalue weighted by atomic mass is 9.97. The number of fused-ring (bicyclic) bond motifs is 1. The Bertz CT molecular complexity index is 911. The van der Waals surface area contributed by atoms with Crippen molar-refractivity contribution in [3.8, 4) is 5.75 Å². The minimum atomic E-state index is 0.0501. The van der Waals surface area contributed by atoms with E-state index in [2.05, 4.69) is 9.97 Å². The van der Waals surface area contributed by atoms with Crippen LogP contribution in [-0.4, -0.2) is 45.5 Å². The number of H-pyrrole nitrogens is 1. The van der Waals surface area contributed by atoms with E-state index < -0.39 is 0 Å². The molecule has 1 aromatic carbocycles. The van der Waals surface area contributed by atoms with Gasteiger partial charge in [-0.3, -0.25) is 4.79 Å². The van der Waals surface area contributed by atoms with E-state index in [1.54, 1.807) is 7.11 Å². The number of aromatic amines is 1. The zero-order valence-corrected chi connectivity index (χ0v) is 14.5. The number of benzene rings is 1. The zero-order valence-electron chi connectivity index (χ0n) is 14.5. The standard InChI is InChI=1S/C19H22N4O2/c1-22-9-7-20-18(22)13-4-3-8-23(12-13)19(24)17-11-14-10-15(25-2)5-6-16(14)21-17/h5-7,9-11,13,21H,3-4,8,12H2,1-2H3/t13-/m1/s1. The number of hydrogen-bond donors (Lipinski definition) is 1. The molecule has 6 nitrogen and oxygen atoms in total. The molecule has 1 fully saturated rings. The third kappa shape index (κ3) is 2.88. The summed E-state index contributed by atoms with van der Waals surface area (Å²) < 4.78 is 7.31. The van der Waals surface area contributed by atoms with Crippen molar-refractivity contribution in [1.29, 1.82) is 0 Å². The normalized spacial score (nSPS) is 17.8. The summed E-state index contributed by atoms with van der Waals surface area (Å²) in [4.78, 5) is 22.6. The fourth-order valence-electron chi connectivity index (χ4n) is 3.67. The second-order valence-corrected chi connectivity index (χ2v) is 6.62. The molecule has 6 heteroatoms. The molecular formula is C19H22N4O2. The number of amides is 1. The van der Waals surface area contributed by atoms with Gasteiger partial charge in [-0.05, 0) is 37.1 Å². The number of ether oxygens (including phenoxy) is 1. The van der Waals surface area contributed by atoms with Crippen molar-refractivity contribution in [3.63, 3.8) is 0 Å². The van der Waals surface area contributed by atoms with Gasteiger partial charge in [0, 0.05) is 49.4 Å². The van der Waals surface area contributed by atoms with Gasteiger partial charge in [-0.15, -0.1) is 0 Å². The van der Waals surface area contributed by atoms with Crippen LogP contribution in [0.15, 0.2) is 36.7 Å². The second kappa shape index (κ2) is 6.27. The number of carbonyl (C=O) groups excluding carboxylic acids is 1. The fourth-order valence-corrected chi connectivity index (χ4v) is 3.67. The number of aromatic nitrogens is 3. The molecule has 1 saturated heterocycles. The molecule has 4 rings (SSSR count). The van der Waals surface area contributed by atoms with E-state index >= 15 is 0 Å². The molecule has 3 heterocycles. The van der Waals surface area contributed by atoms with Crippen LogP contribution < -0.4 is 4.74 Å². The average molecular weight is 338 g/mol. The van der Waals surface area contributed by atoms with E-state index in [1.807, 2.05) is 53.2 Å². The van der Waals surface area contributed by atoms with E-state index in [0.717, 1.165) is 41.9 Å². The minimum absolute atomic E-state index is 0.0501. The summed E-state index contributed by atoms with van der Waals surface area (Å²) in [5.41, 5.74) is 1.57. The minimum Gasteiger partial charge on any atom is -0.497 e. The smallest absolute Gasteiger partial charge is 0.270 e. The molecule has 1 atom stereocenters. The molecule has 1 aliphatic heterocycles. The van der Waals surface area contributed by atoms with Crippen LogP contribution in [0.25, 0.3) is 10.9 Å². The number of rotatable bonds is 3. The molecule has 0 bridgehead atoms. The zero-order chi connectivity index (χ0) is 17.4. The molecule has 1 amide bonds. The lowest BCUT2D eigenvalue weighted by molar-refractivity contribution is 0.0698. The number of carbonyl (C=O) groups is 1. The summed E-state index contributed by atoms with van der Waals surface area (Å²) in [6.07, 6.45) is 5.85. The van der Waals surface area contributed by atoms with Gasteiger partial charge in [-0.1, -0.05) is 0 Å². The number of methoxy groups -OCH3 is 1. The molecule has 0 saturated carbocycles. The first-order chi connectivity index (χ1) is 12.2. The summed E-state index contributed by atoms with van der Waals surface area (Å²) in [5.74, 6) is 2.19. The highest BCUT2D eigenvalue weighted by Gasteiger charge is 2.28. The number of likely N-dealkylation sites (tertiary alicyclic amines) is 1. The molecule has 2 aromatic heterocycles. The third-order valence-corrected chi connectivity index (χ3v) is 4.99. The Morgan fingerprint density at radius 1 is 1.36 bits per heavy atom. The number of imidazole rings is 1. The number of hydrogen-bond acceptors (Lipinski definition) is 3. The van der Waals surface area contributed by atoms with Crippen LogP contribution in [-0.2, 0) is 7.05 Å². The van der Waals surface area contributed by atoms with E-state index in [4.69, 9.17) is 4.74 Å². The van der Waals surface area contributed by atoms with Crippen molar-refractivity contribution in [2.24, 2.45) is 7.05 Å². The fraction of sp³-hybridized carbons (Fsp3) is 0.368. The Hall–Kier alpha value is -2.76. The highest BCUT2D eigenvalue weighted by Crippen LogP contribution is 2.27. The van der Waals surface area contributed by atoms with Crippen LogP contribution in [0.3, 0.4) is 0 Å². The monoisotopic (exact) mass is 338 g/mol. The maximum absolute atomic E-state index is 13.0. The summed E-state index contributed by atoms with van der Waals surface area (Å²) >= 11 is 0. The summed E-state index contributed by atoms with van der Waals surface area (Å²) in [7, 11) is 3.65. The van der Waals surface area contributed by atoms with Gasteiger partial charge in [-0.25, -0.2) is 4.98 Å². The van der Waals surface area contributed by atoms with E-state index in [0.29, 0.717) is 18.2 Å². The van der Waals surface area contributed by atoms with Gasteiger partial charge >= 0.3 is 0 Å². The Morgan fingerprint density at radius 3 is 3.00 bits per heavy atom. The number of nitrogens with zero attached hydrogens (tertiary/aromatic N) is 3. The van der Waals surface area contributed by atoms with Crippen LogP contribution >= 0.6 is 0 Å². The van der Waals surface area contributed by atoms with Crippen LogP contribution in [0.2, 0.25) is 0 Å². The lowest BCUT2D eigenvalue weighted by Crippen LogP contribution is -2.39. The van der Waals surface area contributed by atoms with E-state index in [1.165, 1.54) is 0 Å². The topological polar surface area (TPSA) is 63.2 Å². The van der Waals surface area contributed by atoms with Crippen molar-refractivity contribution in [3.05, 3.63) is 48.2 Å². The number of piperidine rings is 1. The quantitative estimate of drug-likeness (QED) is 0.799.